The summed E-state index contributed by atoms with van der Waals surface area (Å²) < 4.78 is 13.3. The van der Waals surface area contributed by atoms with E-state index in [4.69, 9.17) is 17.3 Å². The van der Waals surface area contributed by atoms with Gasteiger partial charge < -0.3 is 5.73 Å². The first-order chi connectivity index (χ1) is 8.66. The van der Waals surface area contributed by atoms with Gasteiger partial charge in [-0.05, 0) is 50.2 Å². The standard InChI is InChI=1S/C15H19ClFN/c16-15-12(7-4-8-14(15)17)10-13(18)9-11-5-2-1-3-6-11/h4-5,7-8,13H,1-3,6,9-10,18H2. The van der Waals surface area contributed by atoms with Crippen molar-refractivity contribution >= 4 is 11.6 Å². The lowest BCUT2D eigenvalue weighted by Gasteiger charge is -2.18. The van der Waals surface area contributed by atoms with Gasteiger partial charge in [0, 0.05) is 6.04 Å². The molecule has 3 heteroatoms. The van der Waals surface area contributed by atoms with Crippen LogP contribution in [0.25, 0.3) is 0 Å². The quantitative estimate of drug-likeness (QED) is 0.812. The molecule has 0 aliphatic heterocycles. The number of hydrogen-bond acceptors (Lipinski definition) is 1. The molecule has 0 spiro atoms. The van der Waals surface area contributed by atoms with Crippen molar-refractivity contribution in [3.05, 3.63) is 46.3 Å². The summed E-state index contributed by atoms with van der Waals surface area (Å²) in [4.78, 5) is 0. The van der Waals surface area contributed by atoms with Crippen LogP contribution in [0, 0.1) is 5.82 Å². The second-order valence-corrected chi connectivity index (χ2v) is 5.37. The number of nitrogens with two attached hydrogens (primary N) is 1. The number of halogens is 2. The zero-order valence-corrected chi connectivity index (χ0v) is 11.2. The van der Waals surface area contributed by atoms with Gasteiger partial charge >= 0.3 is 0 Å². The molecule has 0 saturated heterocycles. The summed E-state index contributed by atoms with van der Waals surface area (Å²) in [6, 6.07) is 4.93. The maximum Gasteiger partial charge on any atom is 0.142 e. The summed E-state index contributed by atoms with van der Waals surface area (Å²) in [7, 11) is 0. The van der Waals surface area contributed by atoms with Gasteiger partial charge in [0.15, 0.2) is 0 Å². The molecule has 0 amide bonds. The normalized spacial score (nSPS) is 17.4. The largest absolute Gasteiger partial charge is 0.327 e. The molecule has 18 heavy (non-hydrogen) atoms. The van der Waals surface area contributed by atoms with Crippen molar-refractivity contribution < 1.29 is 4.39 Å². The first kappa shape index (κ1) is 13.6. The summed E-state index contributed by atoms with van der Waals surface area (Å²) in [5.74, 6) is -0.363. The molecule has 98 valence electrons. The van der Waals surface area contributed by atoms with Gasteiger partial charge in [-0.25, -0.2) is 4.39 Å². The number of rotatable bonds is 4. The van der Waals surface area contributed by atoms with Crippen LogP contribution in [0.1, 0.15) is 37.7 Å². The average molecular weight is 268 g/mol. The van der Waals surface area contributed by atoms with Crippen molar-refractivity contribution in [3.63, 3.8) is 0 Å². The molecule has 0 fully saturated rings. The summed E-state index contributed by atoms with van der Waals surface area (Å²) in [6.45, 7) is 0. The van der Waals surface area contributed by atoms with E-state index >= 15 is 0 Å². The van der Waals surface area contributed by atoms with Gasteiger partial charge in [0.25, 0.3) is 0 Å². The lowest BCUT2D eigenvalue weighted by molar-refractivity contribution is 0.598. The lowest BCUT2D eigenvalue weighted by Crippen LogP contribution is -2.24. The van der Waals surface area contributed by atoms with Gasteiger partial charge in [-0.15, -0.1) is 0 Å². The maximum atomic E-state index is 13.3. The zero-order valence-electron chi connectivity index (χ0n) is 10.5. The lowest BCUT2D eigenvalue weighted by atomic mass is 9.92. The fraction of sp³-hybridized carbons (Fsp3) is 0.467. The minimum absolute atomic E-state index is 0.0219. The average Bonchev–Trinajstić information content (AvgIpc) is 2.36. The molecule has 2 rings (SSSR count). The monoisotopic (exact) mass is 267 g/mol. The minimum atomic E-state index is -0.363. The van der Waals surface area contributed by atoms with Crippen LogP contribution >= 0.6 is 11.6 Å². The number of hydrogen-bond donors (Lipinski definition) is 1. The van der Waals surface area contributed by atoms with Crippen LogP contribution in [0.4, 0.5) is 4.39 Å². The molecule has 0 radical (unpaired) electrons. The molecule has 1 aromatic carbocycles. The Balaban J connectivity index is 1.96. The van der Waals surface area contributed by atoms with Crippen LogP contribution < -0.4 is 5.73 Å². The van der Waals surface area contributed by atoms with Gasteiger partial charge in [-0.3, -0.25) is 0 Å². The van der Waals surface area contributed by atoms with Crippen molar-refractivity contribution in [2.75, 3.05) is 0 Å². The van der Waals surface area contributed by atoms with Crippen molar-refractivity contribution in [1.29, 1.82) is 0 Å². The summed E-state index contributed by atoms with van der Waals surface area (Å²) in [6.07, 6.45) is 8.71. The molecule has 0 bridgehead atoms. The topological polar surface area (TPSA) is 26.0 Å². The van der Waals surface area contributed by atoms with E-state index in [9.17, 15) is 4.39 Å². The van der Waals surface area contributed by atoms with Crippen molar-refractivity contribution in [2.24, 2.45) is 5.73 Å². The molecule has 1 nitrogen and oxygen atoms in total. The molecular weight excluding hydrogens is 249 g/mol. The number of benzene rings is 1. The van der Waals surface area contributed by atoms with E-state index in [0.717, 1.165) is 18.4 Å². The van der Waals surface area contributed by atoms with Crippen LogP contribution in [0.15, 0.2) is 29.8 Å². The van der Waals surface area contributed by atoms with Crippen molar-refractivity contribution in [3.8, 4) is 0 Å². The Morgan fingerprint density at radius 2 is 2.11 bits per heavy atom. The van der Waals surface area contributed by atoms with Crippen molar-refractivity contribution in [2.45, 2.75) is 44.6 Å². The first-order valence-corrected chi connectivity index (χ1v) is 6.91. The number of allylic oxidation sites excluding steroid dienone is 1. The smallest absolute Gasteiger partial charge is 0.142 e. The summed E-state index contributed by atoms with van der Waals surface area (Å²) in [5, 5.41) is 0.213. The molecule has 1 aliphatic rings. The van der Waals surface area contributed by atoms with Crippen LogP contribution in [-0.4, -0.2) is 6.04 Å². The molecule has 0 aromatic heterocycles. The summed E-state index contributed by atoms with van der Waals surface area (Å²) >= 11 is 5.93. The third-order valence-electron chi connectivity index (χ3n) is 3.42. The van der Waals surface area contributed by atoms with Crippen LogP contribution in [0.2, 0.25) is 5.02 Å². The molecule has 2 N–H and O–H groups in total. The van der Waals surface area contributed by atoms with Crippen LogP contribution in [0.5, 0.6) is 0 Å². The van der Waals surface area contributed by atoms with E-state index in [1.54, 1.807) is 6.07 Å². The van der Waals surface area contributed by atoms with Crippen LogP contribution in [0.3, 0.4) is 0 Å². The Kier molecular flexibility index (Phi) is 4.79. The van der Waals surface area contributed by atoms with E-state index in [1.807, 2.05) is 6.07 Å². The van der Waals surface area contributed by atoms with E-state index < -0.39 is 0 Å². The van der Waals surface area contributed by atoms with Gasteiger partial charge in [0.05, 0.1) is 5.02 Å². The van der Waals surface area contributed by atoms with Gasteiger partial charge in [0.1, 0.15) is 5.82 Å². The molecular formula is C15H19ClFN. The fourth-order valence-corrected chi connectivity index (χ4v) is 2.69. The molecule has 0 heterocycles. The maximum absolute atomic E-state index is 13.3. The Labute approximate surface area is 113 Å². The fourth-order valence-electron chi connectivity index (χ4n) is 2.49. The Bertz CT molecular complexity index is 442. The molecule has 1 aromatic rings. The Morgan fingerprint density at radius 3 is 2.83 bits per heavy atom. The van der Waals surface area contributed by atoms with E-state index in [1.165, 1.54) is 30.9 Å². The predicted molar refractivity (Wildman–Crippen MR) is 74.3 cm³/mol. The zero-order chi connectivity index (χ0) is 13.0. The van der Waals surface area contributed by atoms with Gasteiger partial charge in [-0.2, -0.15) is 0 Å². The highest BCUT2D eigenvalue weighted by atomic mass is 35.5. The second-order valence-electron chi connectivity index (χ2n) is 4.99. The minimum Gasteiger partial charge on any atom is -0.327 e. The van der Waals surface area contributed by atoms with Gasteiger partial charge in [-0.1, -0.05) is 35.4 Å². The van der Waals surface area contributed by atoms with Gasteiger partial charge in [0.2, 0.25) is 0 Å². The molecule has 1 unspecified atom stereocenters. The third-order valence-corrected chi connectivity index (χ3v) is 3.85. The van der Waals surface area contributed by atoms with E-state index in [0.29, 0.717) is 6.42 Å². The van der Waals surface area contributed by atoms with E-state index in [-0.39, 0.29) is 16.9 Å². The highest BCUT2D eigenvalue weighted by Gasteiger charge is 2.13. The second kappa shape index (κ2) is 6.35. The SMILES string of the molecule is NC(CC1=CCCCC1)Cc1cccc(F)c1Cl. The summed E-state index contributed by atoms with van der Waals surface area (Å²) in [5.41, 5.74) is 8.39. The predicted octanol–water partition coefficient (Wildman–Crippen LogP) is 4.24. The van der Waals surface area contributed by atoms with E-state index in [2.05, 4.69) is 6.08 Å². The molecule has 1 atom stereocenters. The highest BCUT2D eigenvalue weighted by Crippen LogP contribution is 2.24. The molecule has 1 aliphatic carbocycles. The molecule has 0 saturated carbocycles. The van der Waals surface area contributed by atoms with Crippen molar-refractivity contribution in [1.82, 2.24) is 0 Å². The highest BCUT2D eigenvalue weighted by molar-refractivity contribution is 6.31. The first-order valence-electron chi connectivity index (χ1n) is 6.53. The van der Waals surface area contributed by atoms with Crippen LogP contribution in [-0.2, 0) is 6.42 Å². The Morgan fingerprint density at radius 1 is 1.28 bits per heavy atom. The third kappa shape index (κ3) is 3.56. The Hall–Kier alpha value is -0.860.